The molecule has 1 aliphatic heterocycles. The average Bonchev–Trinajstić information content (AvgIpc) is 2.77. The molecule has 0 spiro atoms. The molecule has 1 heterocycles. The summed E-state index contributed by atoms with van der Waals surface area (Å²) in [7, 11) is 0. The summed E-state index contributed by atoms with van der Waals surface area (Å²) >= 11 is 5.16. The average molecular weight is 262 g/mol. The minimum absolute atomic E-state index is 0.498. The molecule has 2 nitrogen and oxygen atoms in total. The molecule has 1 aromatic carbocycles. The second-order valence-electron chi connectivity index (χ2n) is 5.62. The Morgan fingerprint density at radius 2 is 2.17 bits per heavy atom. The van der Waals surface area contributed by atoms with Gasteiger partial charge in [0.05, 0.1) is 0 Å². The van der Waals surface area contributed by atoms with Crippen molar-refractivity contribution in [2.45, 2.75) is 27.2 Å². The van der Waals surface area contributed by atoms with Crippen LogP contribution in [-0.4, -0.2) is 18.1 Å². The van der Waals surface area contributed by atoms with Gasteiger partial charge in [-0.2, -0.15) is 0 Å². The highest BCUT2D eigenvalue weighted by Gasteiger charge is 2.26. The van der Waals surface area contributed by atoms with Crippen LogP contribution in [0.3, 0.4) is 0 Å². The van der Waals surface area contributed by atoms with Crippen molar-refractivity contribution >= 4 is 22.9 Å². The van der Waals surface area contributed by atoms with E-state index in [2.05, 4.69) is 43.9 Å². The molecule has 0 bridgehead atoms. The molecular weight excluding hydrogens is 240 g/mol. The van der Waals surface area contributed by atoms with Gasteiger partial charge in [-0.15, -0.1) is 0 Å². The second kappa shape index (κ2) is 5.27. The van der Waals surface area contributed by atoms with Crippen molar-refractivity contribution < 1.29 is 0 Å². The third-order valence-electron chi connectivity index (χ3n) is 3.93. The van der Waals surface area contributed by atoms with E-state index in [1.54, 1.807) is 0 Å². The van der Waals surface area contributed by atoms with E-state index in [0.717, 1.165) is 30.5 Å². The molecule has 3 heteroatoms. The lowest BCUT2D eigenvalue weighted by atomic mass is 9.95. The highest BCUT2D eigenvalue weighted by molar-refractivity contribution is 7.80. The Hall–Kier alpha value is -1.09. The molecule has 2 N–H and O–H groups in total. The zero-order chi connectivity index (χ0) is 13.3. The maximum Gasteiger partial charge on any atom is 0.106 e. The Morgan fingerprint density at radius 3 is 2.72 bits per heavy atom. The summed E-state index contributed by atoms with van der Waals surface area (Å²) in [5, 5.41) is 0. The number of nitrogens with zero attached hydrogens (tertiary/aromatic N) is 1. The van der Waals surface area contributed by atoms with Crippen molar-refractivity contribution in [1.29, 1.82) is 0 Å². The maximum absolute atomic E-state index is 5.83. The van der Waals surface area contributed by atoms with Crippen molar-refractivity contribution in [3.63, 3.8) is 0 Å². The summed E-state index contributed by atoms with van der Waals surface area (Å²) < 4.78 is 0. The minimum atomic E-state index is 0.498. The van der Waals surface area contributed by atoms with Crippen molar-refractivity contribution in [3.05, 3.63) is 29.3 Å². The van der Waals surface area contributed by atoms with Gasteiger partial charge in [-0.25, -0.2) is 0 Å². The molecule has 1 atom stereocenters. The molecule has 98 valence electrons. The summed E-state index contributed by atoms with van der Waals surface area (Å²) in [6, 6.07) is 6.33. The van der Waals surface area contributed by atoms with Gasteiger partial charge in [0.15, 0.2) is 0 Å². The van der Waals surface area contributed by atoms with E-state index >= 15 is 0 Å². The number of anilines is 1. The standard InChI is InChI=1S/C15H22N2S/c1-10(2)12-6-7-17(9-12)14-8-11(3)4-5-13(14)15(16)18/h4-5,8,10,12H,6-7,9H2,1-3H3,(H2,16,18). The van der Waals surface area contributed by atoms with Crippen LogP contribution in [0.1, 0.15) is 31.4 Å². The Balaban J connectivity index is 2.28. The van der Waals surface area contributed by atoms with Crippen LogP contribution in [-0.2, 0) is 0 Å². The van der Waals surface area contributed by atoms with Crippen LogP contribution < -0.4 is 10.6 Å². The first-order chi connectivity index (χ1) is 8.49. The summed E-state index contributed by atoms with van der Waals surface area (Å²) in [6.07, 6.45) is 1.27. The zero-order valence-corrected chi connectivity index (χ0v) is 12.3. The van der Waals surface area contributed by atoms with Gasteiger partial charge in [0, 0.05) is 24.3 Å². The monoisotopic (exact) mass is 262 g/mol. The molecule has 0 aromatic heterocycles. The van der Waals surface area contributed by atoms with E-state index in [1.807, 2.05) is 0 Å². The molecular formula is C15H22N2S. The Morgan fingerprint density at radius 1 is 1.44 bits per heavy atom. The number of rotatable bonds is 3. The molecule has 1 unspecified atom stereocenters. The third-order valence-corrected chi connectivity index (χ3v) is 4.15. The van der Waals surface area contributed by atoms with E-state index in [1.165, 1.54) is 17.7 Å². The number of benzene rings is 1. The van der Waals surface area contributed by atoms with E-state index in [0.29, 0.717) is 4.99 Å². The number of aryl methyl sites for hydroxylation is 1. The van der Waals surface area contributed by atoms with E-state index in [-0.39, 0.29) is 0 Å². The number of hydrogen-bond donors (Lipinski definition) is 1. The van der Waals surface area contributed by atoms with Crippen molar-refractivity contribution in [3.8, 4) is 0 Å². The van der Waals surface area contributed by atoms with Crippen molar-refractivity contribution in [2.75, 3.05) is 18.0 Å². The van der Waals surface area contributed by atoms with Crippen LogP contribution in [0.5, 0.6) is 0 Å². The topological polar surface area (TPSA) is 29.3 Å². The van der Waals surface area contributed by atoms with E-state index in [9.17, 15) is 0 Å². The van der Waals surface area contributed by atoms with Gasteiger partial charge in [-0.05, 0) is 42.9 Å². The summed E-state index contributed by atoms with van der Waals surface area (Å²) in [5.74, 6) is 1.53. The molecule has 0 amide bonds. The van der Waals surface area contributed by atoms with Crippen LogP contribution in [0.4, 0.5) is 5.69 Å². The number of nitrogens with two attached hydrogens (primary N) is 1. The van der Waals surface area contributed by atoms with E-state index < -0.39 is 0 Å². The molecule has 2 rings (SSSR count). The van der Waals surface area contributed by atoms with E-state index in [4.69, 9.17) is 18.0 Å². The first-order valence-electron chi connectivity index (χ1n) is 6.64. The molecule has 1 fully saturated rings. The smallest absolute Gasteiger partial charge is 0.106 e. The Kier molecular flexibility index (Phi) is 3.91. The first kappa shape index (κ1) is 13.3. The third kappa shape index (κ3) is 2.66. The quantitative estimate of drug-likeness (QED) is 0.849. The fourth-order valence-corrected chi connectivity index (χ4v) is 2.83. The summed E-state index contributed by atoms with van der Waals surface area (Å²) in [4.78, 5) is 2.93. The molecule has 0 aliphatic carbocycles. The van der Waals surface area contributed by atoms with Crippen LogP contribution in [0.25, 0.3) is 0 Å². The molecule has 1 aromatic rings. The van der Waals surface area contributed by atoms with Gasteiger partial charge >= 0.3 is 0 Å². The minimum Gasteiger partial charge on any atom is -0.389 e. The predicted octanol–water partition coefficient (Wildman–Crippen LogP) is 3.11. The fraction of sp³-hybridized carbons (Fsp3) is 0.533. The largest absolute Gasteiger partial charge is 0.389 e. The van der Waals surface area contributed by atoms with Gasteiger partial charge in [-0.3, -0.25) is 0 Å². The lowest BCUT2D eigenvalue weighted by molar-refractivity contribution is 0.423. The van der Waals surface area contributed by atoms with Crippen molar-refractivity contribution in [2.24, 2.45) is 17.6 Å². The predicted molar refractivity (Wildman–Crippen MR) is 82.2 cm³/mol. The molecule has 0 saturated carbocycles. The van der Waals surface area contributed by atoms with Crippen LogP contribution >= 0.6 is 12.2 Å². The number of thiocarbonyl (C=S) groups is 1. The zero-order valence-electron chi connectivity index (χ0n) is 11.4. The van der Waals surface area contributed by atoms with Gasteiger partial charge in [0.25, 0.3) is 0 Å². The van der Waals surface area contributed by atoms with Gasteiger partial charge in [-0.1, -0.05) is 32.1 Å². The lowest BCUT2D eigenvalue weighted by Gasteiger charge is -2.23. The van der Waals surface area contributed by atoms with Crippen LogP contribution in [0.15, 0.2) is 18.2 Å². The SMILES string of the molecule is Cc1ccc(C(N)=S)c(N2CCC(C(C)C)C2)c1. The van der Waals surface area contributed by atoms with Crippen molar-refractivity contribution in [1.82, 2.24) is 0 Å². The highest BCUT2D eigenvalue weighted by atomic mass is 32.1. The van der Waals surface area contributed by atoms with Crippen LogP contribution in [0.2, 0.25) is 0 Å². The molecule has 0 radical (unpaired) electrons. The first-order valence-corrected chi connectivity index (χ1v) is 7.05. The summed E-state index contributed by atoms with van der Waals surface area (Å²) in [5.41, 5.74) is 9.32. The molecule has 1 saturated heterocycles. The van der Waals surface area contributed by atoms with Gasteiger partial charge < -0.3 is 10.6 Å². The Bertz CT molecular complexity index is 454. The van der Waals surface area contributed by atoms with Gasteiger partial charge in [0.1, 0.15) is 4.99 Å². The number of hydrogen-bond acceptors (Lipinski definition) is 2. The highest BCUT2D eigenvalue weighted by Crippen LogP contribution is 2.31. The molecule has 18 heavy (non-hydrogen) atoms. The molecule has 1 aliphatic rings. The second-order valence-corrected chi connectivity index (χ2v) is 6.06. The lowest BCUT2D eigenvalue weighted by Crippen LogP contribution is -2.24. The van der Waals surface area contributed by atoms with Crippen LogP contribution in [0, 0.1) is 18.8 Å². The normalized spacial score (nSPS) is 19.6. The maximum atomic E-state index is 5.83. The fourth-order valence-electron chi connectivity index (χ4n) is 2.66. The van der Waals surface area contributed by atoms with Gasteiger partial charge in [0.2, 0.25) is 0 Å². The summed E-state index contributed by atoms with van der Waals surface area (Å²) in [6.45, 7) is 8.96. The Labute approximate surface area is 115 Å².